The van der Waals surface area contributed by atoms with Gasteiger partial charge in [-0.25, -0.2) is 0 Å². The first kappa shape index (κ1) is 26.2. The third kappa shape index (κ3) is 7.07. The number of benzene rings is 3. The molecule has 1 aliphatic rings. The van der Waals surface area contributed by atoms with Gasteiger partial charge in [0.25, 0.3) is 0 Å². The average Bonchev–Trinajstić information content (AvgIpc) is 2.91. The Morgan fingerprint density at radius 2 is 1.50 bits per heavy atom. The third-order valence-corrected chi connectivity index (χ3v) is 7.64. The Hall–Kier alpha value is -2.92. The van der Waals surface area contributed by atoms with Crippen LogP contribution >= 0.6 is 15.9 Å². The van der Waals surface area contributed by atoms with Crippen molar-refractivity contribution in [2.75, 3.05) is 0 Å². The molecule has 0 aromatic heterocycles. The monoisotopic (exact) mass is 546 g/mol. The maximum absolute atomic E-state index is 14.0. The van der Waals surface area contributed by atoms with Crippen molar-refractivity contribution in [2.45, 2.75) is 70.0 Å². The van der Waals surface area contributed by atoms with Gasteiger partial charge in [-0.05, 0) is 48.6 Å². The number of rotatable bonds is 9. The zero-order valence-corrected chi connectivity index (χ0v) is 22.5. The molecule has 0 heterocycles. The first-order valence-corrected chi connectivity index (χ1v) is 13.7. The van der Waals surface area contributed by atoms with E-state index in [0.29, 0.717) is 13.0 Å². The highest BCUT2D eigenvalue weighted by Gasteiger charge is 2.30. The van der Waals surface area contributed by atoms with E-state index in [-0.39, 0.29) is 23.8 Å². The molecule has 0 aliphatic heterocycles. The van der Waals surface area contributed by atoms with Gasteiger partial charge in [0.2, 0.25) is 11.8 Å². The molecule has 0 saturated heterocycles. The fourth-order valence-corrected chi connectivity index (χ4v) is 5.52. The Balaban J connectivity index is 1.59. The molecular formula is C31H35BrN2O2. The summed E-state index contributed by atoms with van der Waals surface area (Å²) in [6.07, 6.45) is 5.86. The van der Waals surface area contributed by atoms with Gasteiger partial charge in [-0.3, -0.25) is 9.59 Å². The molecule has 0 radical (unpaired) electrons. The minimum absolute atomic E-state index is 0.0287. The predicted molar refractivity (Wildman–Crippen MR) is 149 cm³/mol. The number of hydrogen-bond donors (Lipinski definition) is 1. The van der Waals surface area contributed by atoms with Crippen molar-refractivity contribution in [2.24, 2.45) is 0 Å². The minimum Gasteiger partial charge on any atom is -0.352 e. The highest BCUT2D eigenvalue weighted by molar-refractivity contribution is 9.10. The molecule has 4 rings (SSSR count). The van der Waals surface area contributed by atoms with Gasteiger partial charge >= 0.3 is 0 Å². The minimum atomic E-state index is -0.564. The molecule has 1 N–H and O–H groups in total. The standard InChI is InChI=1S/C31H35BrN2O2/c1-23(31(36)33-28-18-9-4-10-19-28)34(22-24-12-11-17-27(32)20-24)30(35)21-29(25-13-5-2-6-14-25)26-15-7-3-8-16-26/h2-3,5-8,11-17,20,23,28-29H,4,9-10,18-19,21-22H2,1H3,(H,33,36)/t23-/m1/s1. The molecule has 1 atom stereocenters. The Morgan fingerprint density at radius 3 is 2.08 bits per heavy atom. The van der Waals surface area contributed by atoms with Gasteiger partial charge in [-0.15, -0.1) is 0 Å². The van der Waals surface area contributed by atoms with Gasteiger partial charge in [0.15, 0.2) is 0 Å². The van der Waals surface area contributed by atoms with Gasteiger partial charge in [-0.1, -0.05) is 108 Å². The van der Waals surface area contributed by atoms with Gasteiger partial charge in [0.05, 0.1) is 0 Å². The lowest BCUT2D eigenvalue weighted by atomic mass is 9.88. The zero-order valence-electron chi connectivity index (χ0n) is 20.9. The molecule has 1 saturated carbocycles. The van der Waals surface area contributed by atoms with Crippen LogP contribution in [0.25, 0.3) is 0 Å². The molecule has 2 amide bonds. The SMILES string of the molecule is C[C@H](C(=O)NC1CCCCC1)N(Cc1cccc(Br)c1)C(=O)CC(c1ccccc1)c1ccccc1. The largest absolute Gasteiger partial charge is 0.352 e. The first-order chi connectivity index (χ1) is 17.5. The second kappa shape index (κ2) is 12.9. The molecule has 5 heteroatoms. The number of hydrogen-bond acceptors (Lipinski definition) is 2. The molecule has 188 valence electrons. The maximum atomic E-state index is 14.0. The van der Waals surface area contributed by atoms with Crippen LogP contribution in [0.5, 0.6) is 0 Å². The van der Waals surface area contributed by atoms with E-state index >= 15 is 0 Å². The smallest absolute Gasteiger partial charge is 0.242 e. The summed E-state index contributed by atoms with van der Waals surface area (Å²) in [5.74, 6) is -0.182. The predicted octanol–water partition coefficient (Wildman–Crippen LogP) is 6.84. The van der Waals surface area contributed by atoms with Crippen LogP contribution in [-0.2, 0) is 16.1 Å². The lowest BCUT2D eigenvalue weighted by molar-refractivity contribution is -0.141. The Morgan fingerprint density at radius 1 is 0.889 bits per heavy atom. The van der Waals surface area contributed by atoms with Gasteiger partial charge in [0.1, 0.15) is 6.04 Å². The van der Waals surface area contributed by atoms with Crippen LogP contribution in [0, 0.1) is 0 Å². The van der Waals surface area contributed by atoms with Crippen molar-refractivity contribution in [1.82, 2.24) is 10.2 Å². The zero-order chi connectivity index (χ0) is 25.3. The number of carbonyl (C=O) groups is 2. The summed E-state index contributed by atoms with van der Waals surface area (Å²) in [6.45, 7) is 2.24. The Bertz CT molecular complexity index is 1090. The molecule has 3 aromatic rings. The van der Waals surface area contributed by atoms with Crippen LogP contribution in [0.3, 0.4) is 0 Å². The topological polar surface area (TPSA) is 49.4 Å². The summed E-state index contributed by atoms with van der Waals surface area (Å²) in [5.41, 5.74) is 3.18. The van der Waals surface area contributed by atoms with E-state index in [1.165, 1.54) is 6.42 Å². The Labute approximate surface area is 223 Å². The maximum Gasteiger partial charge on any atom is 0.242 e. The second-order valence-corrected chi connectivity index (χ2v) is 10.7. The van der Waals surface area contributed by atoms with Gasteiger partial charge in [0, 0.05) is 29.4 Å². The molecule has 0 spiro atoms. The number of halogens is 1. The normalized spacial score (nSPS) is 14.9. The Kier molecular flexibility index (Phi) is 9.35. The lowest BCUT2D eigenvalue weighted by Gasteiger charge is -2.32. The lowest BCUT2D eigenvalue weighted by Crippen LogP contribution is -2.50. The van der Waals surface area contributed by atoms with Crippen molar-refractivity contribution >= 4 is 27.7 Å². The van der Waals surface area contributed by atoms with E-state index in [2.05, 4.69) is 45.5 Å². The summed E-state index contributed by atoms with van der Waals surface area (Å²) >= 11 is 3.54. The van der Waals surface area contributed by atoms with Crippen molar-refractivity contribution in [3.8, 4) is 0 Å². The van der Waals surface area contributed by atoms with Crippen LogP contribution in [0.15, 0.2) is 89.4 Å². The van der Waals surface area contributed by atoms with Crippen molar-refractivity contribution in [3.63, 3.8) is 0 Å². The number of amides is 2. The van der Waals surface area contributed by atoms with E-state index in [9.17, 15) is 9.59 Å². The molecule has 0 bridgehead atoms. The van der Waals surface area contributed by atoms with E-state index in [0.717, 1.165) is 46.8 Å². The van der Waals surface area contributed by atoms with Crippen LogP contribution in [0.2, 0.25) is 0 Å². The summed E-state index contributed by atoms with van der Waals surface area (Å²) in [4.78, 5) is 29.0. The van der Waals surface area contributed by atoms with Crippen molar-refractivity contribution in [3.05, 3.63) is 106 Å². The summed E-state index contributed by atoms with van der Waals surface area (Å²) in [7, 11) is 0. The van der Waals surface area contributed by atoms with Crippen molar-refractivity contribution in [1.29, 1.82) is 0 Å². The fraction of sp³-hybridized carbons (Fsp3) is 0.355. The summed E-state index contributed by atoms with van der Waals surface area (Å²) < 4.78 is 0.957. The molecule has 0 unspecified atom stereocenters. The second-order valence-electron chi connectivity index (χ2n) is 9.75. The molecular weight excluding hydrogens is 512 g/mol. The third-order valence-electron chi connectivity index (χ3n) is 7.14. The number of nitrogens with one attached hydrogen (secondary N) is 1. The van der Waals surface area contributed by atoms with E-state index in [1.807, 2.05) is 67.6 Å². The molecule has 1 aliphatic carbocycles. The van der Waals surface area contributed by atoms with Gasteiger partial charge in [-0.2, -0.15) is 0 Å². The summed E-state index contributed by atoms with van der Waals surface area (Å²) in [6, 6.07) is 27.9. The fourth-order valence-electron chi connectivity index (χ4n) is 5.07. The molecule has 1 fully saturated rings. The summed E-state index contributed by atoms with van der Waals surface area (Å²) in [5, 5.41) is 3.23. The first-order valence-electron chi connectivity index (χ1n) is 13.0. The average molecular weight is 548 g/mol. The van der Waals surface area contributed by atoms with E-state index < -0.39 is 6.04 Å². The highest BCUT2D eigenvalue weighted by Crippen LogP contribution is 2.29. The van der Waals surface area contributed by atoms with Gasteiger partial charge < -0.3 is 10.2 Å². The van der Waals surface area contributed by atoms with Crippen LogP contribution in [0.1, 0.15) is 68.1 Å². The van der Waals surface area contributed by atoms with E-state index in [4.69, 9.17) is 0 Å². The van der Waals surface area contributed by atoms with Crippen LogP contribution in [0.4, 0.5) is 0 Å². The highest BCUT2D eigenvalue weighted by atomic mass is 79.9. The van der Waals surface area contributed by atoms with E-state index in [1.54, 1.807) is 4.90 Å². The molecule has 4 nitrogen and oxygen atoms in total. The van der Waals surface area contributed by atoms with Crippen LogP contribution < -0.4 is 5.32 Å². The molecule has 36 heavy (non-hydrogen) atoms. The quantitative estimate of drug-likeness (QED) is 0.319. The number of nitrogens with zero attached hydrogens (tertiary/aromatic N) is 1. The molecule has 3 aromatic carbocycles. The van der Waals surface area contributed by atoms with Crippen molar-refractivity contribution < 1.29 is 9.59 Å². The van der Waals surface area contributed by atoms with Crippen LogP contribution in [-0.4, -0.2) is 28.8 Å². The number of carbonyl (C=O) groups excluding carboxylic acids is 2.